The normalized spacial score (nSPS) is 11.1. The molecule has 0 aliphatic rings. The van der Waals surface area contributed by atoms with E-state index in [0.717, 1.165) is 49.7 Å². The Hall–Kier alpha value is -7.39. The fourth-order valence-corrected chi connectivity index (χ4v) is 7.50. The molecule has 0 bridgehead atoms. The number of nitriles is 3. The van der Waals surface area contributed by atoms with E-state index in [1.54, 1.807) is 6.07 Å². The Kier molecular flexibility index (Phi) is 6.56. The van der Waals surface area contributed by atoms with Crippen LogP contribution in [0.2, 0.25) is 0 Å². The number of benzene rings is 7. The summed E-state index contributed by atoms with van der Waals surface area (Å²) >= 11 is 0. The first-order valence-electron chi connectivity index (χ1n) is 16.3. The number of hydrogen-bond acceptors (Lipinski definition) is 3. The van der Waals surface area contributed by atoms with Crippen molar-refractivity contribution in [2.45, 2.75) is 0 Å². The van der Waals surface area contributed by atoms with Crippen LogP contribution in [-0.4, -0.2) is 9.13 Å². The molecule has 2 aromatic heterocycles. The van der Waals surface area contributed by atoms with Gasteiger partial charge in [-0.05, 0) is 60.2 Å². The van der Waals surface area contributed by atoms with Gasteiger partial charge in [0.1, 0.15) is 6.07 Å². The van der Waals surface area contributed by atoms with Crippen molar-refractivity contribution < 1.29 is 0 Å². The fourth-order valence-electron chi connectivity index (χ4n) is 7.50. The van der Waals surface area contributed by atoms with E-state index in [2.05, 4.69) is 88.0 Å². The monoisotopic (exact) mass is 635 g/mol. The highest BCUT2D eigenvalue weighted by molar-refractivity contribution is 6.11. The molecule has 5 heteroatoms. The highest BCUT2D eigenvalue weighted by Crippen LogP contribution is 2.40. The third kappa shape index (κ3) is 4.24. The molecule has 0 saturated heterocycles. The average molecular weight is 636 g/mol. The van der Waals surface area contributed by atoms with Gasteiger partial charge in [-0.1, -0.05) is 97.1 Å². The minimum atomic E-state index is 0.467. The highest BCUT2D eigenvalue weighted by atomic mass is 15.0. The molecule has 9 rings (SSSR count). The van der Waals surface area contributed by atoms with Crippen molar-refractivity contribution in [3.05, 3.63) is 168 Å². The molecule has 0 aliphatic heterocycles. The minimum absolute atomic E-state index is 0.467. The minimum Gasteiger partial charge on any atom is -0.309 e. The van der Waals surface area contributed by atoms with Gasteiger partial charge in [0.15, 0.2) is 0 Å². The summed E-state index contributed by atoms with van der Waals surface area (Å²) in [5.74, 6) is 0. The first-order chi connectivity index (χ1) is 24.7. The number of nitrogens with zero attached hydrogens (tertiary/aromatic N) is 5. The van der Waals surface area contributed by atoms with E-state index in [4.69, 9.17) is 0 Å². The predicted octanol–water partition coefficient (Wildman–Crippen LogP) is 10.8. The van der Waals surface area contributed by atoms with Crippen molar-refractivity contribution in [1.82, 2.24) is 9.13 Å². The molecule has 5 nitrogen and oxygen atoms in total. The van der Waals surface area contributed by atoms with E-state index in [0.29, 0.717) is 33.5 Å². The lowest BCUT2D eigenvalue weighted by molar-refractivity contribution is 1.17. The zero-order chi connectivity index (χ0) is 33.8. The first kappa shape index (κ1) is 28.8. The van der Waals surface area contributed by atoms with E-state index >= 15 is 0 Å². The second-order valence-corrected chi connectivity index (χ2v) is 12.3. The van der Waals surface area contributed by atoms with Crippen LogP contribution in [0.4, 0.5) is 0 Å². The Bertz CT molecular complexity index is 2920. The summed E-state index contributed by atoms with van der Waals surface area (Å²) in [6.07, 6.45) is 0. The van der Waals surface area contributed by atoms with Crippen molar-refractivity contribution in [2.24, 2.45) is 0 Å². The largest absolute Gasteiger partial charge is 0.309 e. The molecular formula is C45H25N5. The van der Waals surface area contributed by atoms with Crippen molar-refractivity contribution >= 4 is 43.6 Å². The maximum absolute atomic E-state index is 10.7. The second-order valence-electron chi connectivity index (χ2n) is 12.3. The molecule has 7 aromatic carbocycles. The van der Waals surface area contributed by atoms with Crippen molar-refractivity contribution in [3.63, 3.8) is 0 Å². The van der Waals surface area contributed by atoms with Gasteiger partial charge in [-0.2, -0.15) is 15.8 Å². The van der Waals surface area contributed by atoms with E-state index in [9.17, 15) is 15.8 Å². The summed E-state index contributed by atoms with van der Waals surface area (Å²) in [4.78, 5) is 0. The lowest BCUT2D eigenvalue weighted by Crippen LogP contribution is -2.00. The summed E-state index contributed by atoms with van der Waals surface area (Å²) in [6, 6.07) is 57.7. The van der Waals surface area contributed by atoms with Crippen LogP contribution in [0.25, 0.3) is 77.2 Å². The molecule has 0 N–H and O–H groups in total. The van der Waals surface area contributed by atoms with E-state index < -0.39 is 0 Å². The van der Waals surface area contributed by atoms with Gasteiger partial charge in [0, 0.05) is 38.2 Å². The standard InChI is InChI=1S/C45H25N5/c46-26-29-20-23-45-38(24-29)37-13-4-8-18-43(37)50(45)44-19-9-14-34(39(44)28-48)32-22-21-30(25-31(32)27-47)33-10-1-5-15-40(33)49-41-16-6-2-11-35(41)36-12-3-7-17-42(36)49/h1-25H. The number of rotatable bonds is 4. The van der Waals surface area contributed by atoms with Crippen LogP contribution < -0.4 is 0 Å². The number of para-hydroxylation sites is 4. The van der Waals surface area contributed by atoms with Gasteiger partial charge >= 0.3 is 0 Å². The van der Waals surface area contributed by atoms with Gasteiger partial charge < -0.3 is 9.13 Å². The second kappa shape index (κ2) is 11.4. The summed E-state index contributed by atoms with van der Waals surface area (Å²) in [7, 11) is 0. The summed E-state index contributed by atoms with van der Waals surface area (Å²) < 4.78 is 4.37. The Balaban J connectivity index is 1.23. The maximum Gasteiger partial charge on any atom is 0.102 e. The van der Waals surface area contributed by atoms with Crippen LogP contribution in [-0.2, 0) is 0 Å². The van der Waals surface area contributed by atoms with E-state index in [1.165, 1.54) is 10.8 Å². The zero-order valence-corrected chi connectivity index (χ0v) is 26.7. The highest BCUT2D eigenvalue weighted by Gasteiger charge is 2.20. The lowest BCUT2D eigenvalue weighted by atomic mass is 9.92. The maximum atomic E-state index is 10.7. The third-order valence-corrected chi connectivity index (χ3v) is 9.66. The molecule has 0 fully saturated rings. The van der Waals surface area contributed by atoms with Crippen LogP contribution in [0, 0.1) is 34.0 Å². The fraction of sp³-hybridized carbons (Fsp3) is 0. The van der Waals surface area contributed by atoms with Crippen molar-refractivity contribution in [3.8, 4) is 51.8 Å². The number of aromatic nitrogens is 2. The van der Waals surface area contributed by atoms with Gasteiger partial charge in [-0.15, -0.1) is 0 Å². The Labute approximate surface area is 287 Å². The van der Waals surface area contributed by atoms with Crippen LogP contribution >= 0.6 is 0 Å². The van der Waals surface area contributed by atoms with Crippen molar-refractivity contribution in [1.29, 1.82) is 15.8 Å². The molecule has 9 aromatic rings. The third-order valence-electron chi connectivity index (χ3n) is 9.66. The van der Waals surface area contributed by atoms with E-state index in [1.807, 2.05) is 84.9 Å². The van der Waals surface area contributed by atoms with Crippen LogP contribution in [0.3, 0.4) is 0 Å². The summed E-state index contributed by atoms with van der Waals surface area (Å²) in [5, 5.41) is 35.2. The van der Waals surface area contributed by atoms with Gasteiger partial charge in [-0.25, -0.2) is 0 Å². The Morgan fingerprint density at radius 3 is 1.60 bits per heavy atom. The van der Waals surface area contributed by atoms with Gasteiger partial charge in [0.2, 0.25) is 0 Å². The van der Waals surface area contributed by atoms with Crippen LogP contribution in [0.15, 0.2) is 152 Å². The molecule has 0 saturated carbocycles. The van der Waals surface area contributed by atoms with Gasteiger partial charge in [0.25, 0.3) is 0 Å². The molecule has 0 unspecified atom stereocenters. The molecule has 0 radical (unpaired) electrons. The van der Waals surface area contributed by atoms with Crippen LogP contribution in [0.1, 0.15) is 16.7 Å². The smallest absolute Gasteiger partial charge is 0.102 e. The molecule has 0 spiro atoms. The molecule has 0 amide bonds. The first-order valence-corrected chi connectivity index (χ1v) is 16.3. The Morgan fingerprint density at radius 2 is 0.940 bits per heavy atom. The van der Waals surface area contributed by atoms with Crippen molar-refractivity contribution in [2.75, 3.05) is 0 Å². The average Bonchev–Trinajstić information content (AvgIpc) is 3.69. The zero-order valence-electron chi connectivity index (χ0n) is 26.7. The number of hydrogen-bond donors (Lipinski definition) is 0. The molecule has 50 heavy (non-hydrogen) atoms. The molecule has 2 heterocycles. The predicted molar refractivity (Wildman–Crippen MR) is 200 cm³/mol. The molecular weight excluding hydrogens is 611 g/mol. The lowest BCUT2D eigenvalue weighted by Gasteiger charge is -2.16. The molecule has 0 atom stereocenters. The van der Waals surface area contributed by atoms with E-state index in [-0.39, 0.29) is 0 Å². The molecule has 230 valence electrons. The quantitative estimate of drug-likeness (QED) is 0.193. The van der Waals surface area contributed by atoms with Crippen LogP contribution in [0.5, 0.6) is 0 Å². The Morgan fingerprint density at radius 1 is 0.380 bits per heavy atom. The van der Waals surface area contributed by atoms with Gasteiger partial charge in [0.05, 0.1) is 62.3 Å². The molecule has 0 aliphatic carbocycles. The SMILES string of the molecule is N#Cc1ccc2c(c1)c1ccccc1n2-c1cccc(-c2ccc(-c3ccccc3-n3c4ccccc4c4ccccc43)cc2C#N)c1C#N. The topological polar surface area (TPSA) is 81.2 Å². The van der Waals surface area contributed by atoms with Gasteiger partial charge in [-0.3, -0.25) is 0 Å². The number of fused-ring (bicyclic) bond motifs is 6. The summed E-state index contributed by atoms with van der Waals surface area (Å²) in [6.45, 7) is 0. The summed E-state index contributed by atoms with van der Waals surface area (Å²) in [5.41, 5.74) is 10.6.